The van der Waals surface area contributed by atoms with Crippen molar-refractivity contribution in [3.8, 4) is 11.5 Å². The van der Waals surface area contributed by atoms with Crippen LogP contribution < -0.4 is 14.8 Å². The first-order valence-corrected chi connectivity index (χ1v) is 8.85. The molecule has 0 saturated heterocycles. The molecule has 0 atom stereocenters. The smallest absolute Gasteiger partial charge is 0.121 e. The van der Waals surface area contributed by atoms with Crippen LogP contribution in [0.3, 0.4) is 0 Å². The third kappa shape index (κ3) is 7.48. The van der Waals surface area contributed by atoms with Crippen molar-refractivity contribution in [1.82, 2.24) is 0 Å². The van der Waals surface area contributed by atoms with E-state index in [1.54, 1.807) is 7.11 Å². The maximum Gasteiger partial charge on any atom is 0.121 e. The molecule has 136 valence electrons. The highest BCUT2D eigenvalue weighted by Gasteiger charge is 2.01. The van der Waals surface area contributed by atoms with Crippen molar-refractivity contribution < 1.29 is 14.2 Å². The van der Waals surface area contributed by atoms with E-state index >= 15 is 0 Å². The minimum atomic E-state index is 0.551. The second-order valence-electron chi connectivity index (χ2n) is 6.40. The lowest BCUT2D eigenvalue weighted by Gasteiger charge is -2.12. The van der Waals surface area contributed by atoms with Crippen LogP contribution in [0.15, 0.2) is 48.5 Å². The number of benzene rings is 2. The Morgan fingerprint density at radius 1 is 0.880 bits per heavy atom. The van der Waals surface area contributed by atoms with Gasteiger partial charge in [-0.3, -0.25) is 0 Å². The molecule has 0 saturated carbocycles. The average molecular weight is 343 g/mol. The van der Waals surface area contributed by atoms with Crippen LogP contribution in [0.5, 0.6) is 11.5 Å². The van der Waals surface area contributed by atoms with Crippen molar-refractivity contribution in [3.05, 3.63) is 54.1 Å². The SMILES string of the molecule is COCCOc1cccc(NCc2cccc(OCCC(C)C)c2)c1. The summed E-state index contributed by atoms with van der Waals surface area (Å²) >= 11 is 0. The highest BCUT2D eigenvalue weighted by atomic mass is 16.5. The van der Waals surface area contributed by atoms with Crippen LogP contribution in [0.2, 0.25) is 0 Å². The molecule has 0 spiro atoms. The minimum absolute atomic E-state index is 0.551. The molecule has 0 aliphatic rings. The monoisotopic (exact) mass is 343 g/mol. The Bertz CT molecular complexity index is 628. The number of rotatable bonds is 11. The van der Waals surface area contributed by atoms with E-state index in [0.717, 1.165) is 36.8 Å². The number of hydrogen-bond acceptors (Lipinski definition) is 4. The summed E-state index contributed by atoms with van der Waals surface area (Å²) in [7, 11) is 1.67. The van der Waals surface area contributed by atoms with Gasteiger partial charge in [0.2, 0.25) is 0 Å². The van der Waals surface area contributed by atoms with Gasteiger partial charge < -0.3 is 19.5 Å². The van der Waals surface area contributed by atoms with Gasteiger partial charge in [0.15, 0.2) is 0 Å². The van der Waals surface area contributed by atoms with Gasteiger partial charge in [0.1, 0.15) is 18.1 Å². The van der Waals surface area contributed by atoms with E-state index < -0.39 is 0 Å². The lowest BCUT2D eigenvalue weighted by molar-refractivity contribution is 0.146. The fourth-order valence-corrected chi connectivity index (χ4v) is 2.30. The maximum atomic E-state index is 5.82. The Kier molecular flexibility index (Phi) is 8.13. The largest absolute Gasteiger partial charge is 0.494 e. The van der Waals surface area contributed by atoms with Crippen molar-refractivity contribution in [2.24, 2.45) is 5.92 Å². The first-order chi connectivity index (χ1) is 12.2. The van der Waals surface area contributed by atoms with Gasteiger partial charge in [0.25, 0.3) is 0 Å². The maximum absolute atomic E-state index is 5.82. The summed E-state index contributed by atoms with van der Waals surface area (Å²) in [5, 5.41) is 3.43. The fraction of sp³-hybridized carbons (Fsp3) is 0.429. The van der Waals surface area contributed by atoms with Gasteiger partial charge in [-0.05, 0) is 42.2 Å². The van der Waals surface area contributed by atoms with Gasteiger partial charge in [-0.25, -0.2) is 0 Å². The van der Waals surface area contributed by atoms with Crippen LogP contribution in [-0.2, 0) is 11.3 Å². The van der Waals surface area contributed by atoms with Gasteiger partial charge in [-0.15, -0.1) is 0 Å². The molecule has 0 heterocycles. The second kappa shape index (κ2) is 10.6. The molecule has 2 aromatic carbocycles. The van der Waals surface area contributed by atoms with E-state index in [9.17, 15) is 0 Å². The number of nitrogens with one attached hydrogen (secondary N) is 1. The van der Waals surface area contributed by atoms with Crippen LogP contribution in [0.4, 0.5) is 5.69 Å². The van der Waals surface area contributed by atoms with Crippen molar-refractivity contribution >= 4 is 5.69 Å². The Labute approximate surface area is 151 Å². The van der Waals surface area contributed by atoms with Gasteiger partial charge in [0, 0.05) is 25.4 Å². The van der Waals surface area contributed by atoms with Crippen molar-refractivity contribution in [2.75, 3.05) is 32.2 Å². The number of anilines is 1. The summed E-state index contributed by atoms with van der Waals surface area (Å²) in [6.45, 7) is 7.04. The number of hydrogen-bond donors (Lipinski definition) is 1. The zero-order valence-corrected chi connectivity index (χ0v) is 15.5. The van der Waals surface area contributed by atoms with Crippen LogP contribution in [0.25, 0.3) is 0 Å². The van der Waals surface area contributed by atoms with E-state index in [1.807, 2.05) is 36.4 Å². The molecule has 2 aromatic rings. The van der Waals surface area contributed by atoms with Gasteiger partial charge >= 0.3 is 0 Å². The molecular weight excluding hydrogens is 314 g/mol. The van der Waals surface area contributed by atoms with Crippen molar-refractivity contribution in [3.63, 3.8) is 0 Å². The summed E-state index contributed by atoms with van der Waals surface area (Å²) in [4.78, 5) is 0. The standard InChI is InChI=1S/C21H29NO3/c1-17(2)10-11-24-20-8-4-6-18(14-20)16-22-19-7-5-9-21(15-19)25-13-12-23-3/h4-9,14-15,17,22H,10-13,16H2,1-3H3. The minimum Gasteiger partial charge on any atom is -0.494 e. The quantitative estimate of drug-likeness (QED) is 0.598. The molecule has 0 unspecified atom stereocenters. The molecule has 1 N–H and O–H groups in total. The summed E-state index contributed by atoms with van der Waals surface area (Å²) in [6.07, 6.45) is 1.07. The predicted molar refractivity (Wildman–Crippen MR) is 103 cm³/mol. The van der Waals surface area contributed by atoms with E-state index in [4.69, 9.17) is 14.2 Å². The Hall–Kier alpha value is -2.20. The van der Waals surface area contributed by atoms with Crippen LogP contribution in [0, 0.1) is 5.92 Å². The number of ether oxygens (including phenoxy) is 3. The Balaban J connectivity index is 1.85. The molecule has 4 nitrogen and oxygen atoms in total. The first kappa shape index (κ1) is 19.1. The molecule has 0 fully saturated rings. The molecule has 2 rings (SSSR count). The molecule has 0 aliphatic carbocycles. The zero-order valence-electron chi connectivity index (χ0n) is 15.5. The highest BCUT2D eigenvalue weighted by Crippen LogP contribution is 2.19. The molecular formula is C21H29NO3. The summed E-state index contributed by atoms with van der Waals surface area (Å²) < 4.78 is 16.5. The molecule has 0 aromatic heterocycles. The highest BCUT2D eigenvalue weighted by molar-refractivity contribution is 5.48. The van der Waals surface area contributed by atoms with E-state index in [0.29, 0.717) is 19.1 Å². The van der Waals surface area contributed by atoms with Gasteiger partial charge in [0.05, 0.1) is 13.2 Å². The number of methoxy groups -OCH3 is 1. The molecule has 0 amide bonds. The lowest BCUT2D eigenvalue weighted by Crippen LogP contribution is -2.05. The third-order valence-corrected chi connectivity index (χ3v) is 3.75. The molecule has 4 heteroatoms. The topological polar surface area (TPSA) is 39.7 Å². The molecule has 0 radical (unpaired) electrons. The van der Waals surface area contributed by atoms with E-state index in [2.05, 4.69) is 31.3 Å². The summed E-state index contributed by atoms with van der Waals surface area (Å²) in [5.74, 6) is 2.42. The molecule has 25 heavy (non-hydrogen) atoms. The summed E-state index contributed by atoms with van der Waals surface area (Å²) in [6, 6.07) is 16.2. The van der Waals surface area contributed by atoms with Crippen molar-refractivity contribution in [2.45, 2.75) is 26.8 Å². The van der Waals surface area contributed by atoms with Crippen LogP contribution in [0.1, 0.15) is 25.8 Å². The summed E-state index contributed by atoms with van der Waals surface area (Å²) in [5.41, 5.74) is 2.22. The van der Waals surface area contributed by atoms with E-state index in [-0.39, 0.29) is 0 Å². The predicted octanol–water partition coefficient (Wildman–Crippen LogP) is 4.75. The third-order valence-electron chi connectivity index (χ3n) is 3.75. The normalized spacial score (nSPS) is 10.7. The first-order valence-electron chi connectivity index (χ1n) is 8.85. The Morgan fingerprint density at radius 2 is 1.60 bits per heavy atom. The molecule has 0 aliphatic heterocycles. The second-order valence-corrected chi connectivity index (χ2v) is 6.40. The van der Waals surface area contributed by atoms with Crippen molar-refractivity contribution in [1.29, 1.82) is 0 Å². The average Bonchev–Trinajstić information content (AvgIpc) is 2.61. The zero-order chi connectivity index (χ0) is 17.9. The fourth-order valence-electron chi connectivity index (χ4n) is 2.30. The van der Waals surface area contributed by atoms with Gasteiger partial charge in [-0.1, -0.05) is 32.0 Å². The van der Waals surface area contributed by atoms with Crippen LogP contribution in [-0.4, -0.2) is 26.9 Å². The van der Waals surface area contributed by atoms with Crippen LogP contribution >= 0.6 is 0 Å². The molecule has 0 bridgehead atoms. The van der Waals surface area contributed by atoms with Gasteiger partial charge in [-0.2, -0.15) is 0 Å². The lowest BCUT2D eigenvalue weighted by atomic mass is 10.1. The Morgan fingerprint density at radius 3 is 2.36 bits per heavy atom. The van der Waals surface area contributed by atoms with E-state index in [1.165, 1.54) is 5.56 Å².